The molecule has 0 aromatic carbocycles. The number of nitrogens with one attached hydrogen (secondary N) is 2. The first-order valence-electron chi connectivity index (χ1n) is 8.85. The zero-order chi connectivity index (χ0) is 15.2. The van der Waals surface area contributed by atoms with E-state index in [2.05, 4.69) is 10.6 Å². The first-order chi connectivity index (χ1) is 10.6. The highest BCUT2D eigenvalue weighted by molar-refractivity contribution is 14.0. The molecule has 4 unspecified atom stereocenters. The van der Waals surface area contributed by atoms with Crippen LogP contribution in [0.5, 0.6) is 0 Å². The summed E-state index contributed by atoms with van der Waals surface area (Å²) in [5.74, 6) is 3.56. The van der Waals surface area contributed by atoms with E-state index in [1.54, 1.807) is 0 Å². The number of guanidine groups is 1. The summed E-state index contributed by atoms with van der Waals surface area (Å²) in [6.45, 7) is 0.641. The Kier molecular flexibility index (Phi) is 5.45. The largest absolute Gasteiger partial charge is 0.354 e. The summed E-state index contributed by atoms with van der Waals surface area (Å²) in [6.07, 6.45) is 8.68. The van der Waals surface area contributed by atoms with Crippen LogP contribution in [0.2, 0.25) is 0 Å². The molecular weight excluding hydrogens is 425 g/mol. The number of halogens is 1. The van der Waals surface area contributed by atoms with Crippen LogP contribution in [0.1, 0.15) is 44.9 Å². The molecule has 23 heavy (non-hydrogen) atoms. The number of sulfone groups is 1. The van der Waals surface area contributed by atoms with Crippen molar-refractivity contribution in [3.05, 3.63) is 0 Å². The van der Waals surface area contributed by atoms with Gasteiger partial charge in [0, 0.05) is 18.6 Å². The van der Waals surface area contributed by atoms with E-state index < -0.39 is 9.84 Å². The lowest BCUT2D eigenvalue weighted by Gasteiger charge is -2.25. The van der Waals surface area contributed by atoms with Gasteiger partial charge in [-0.15, -0.1) is 24.0 Å². The van der Waals surface area contributed by atoms with Gasteiger partial charge in [0.2, 0.25) is 0 Å². The van der Waals surface area contributed by atoms with Crippen LogP contribution in [0.15, 0.2) is 4.99 Å². The van der Waals surface area contributed by atoms with Crippen LogP contribution in [-0.4, -0.2) is 44.5 Å². The van der Waals surface area contributed by atoms with Gasteiger partial charge in [-0.1, -0.05) is 6.42 Å². The molecule has 132 valence electrons. The standard InChI is InChI=1S/C16H27N3O2S.HI/c20-22(21)6-5-12(10-22)9-17-16(18-14-3-4-14)19-15-8-11-1-2-13(15)7-11;/h11-15H,1-10H2,(H2,17,18,19);1H. The molecule has 3 saturated carbocycles. The number of hydrogen-bond donors (Lipinski definition) is 2. The van der Waals surface area contributed by atoms with Gasteiger partial charge >= 0.3 is 0 Å². The predicted molar refractivity (Wildman–Crippen MR) is 103 cm³/mol. The predicted octanol–water partition coefficient (Wildman–Crippen LogP) is 1.93. The topological polar surface area (TPSA) is 70.6 Å². The molecule has 1 saturated heterocycles. The fraction of sp³-hybridized carbons (Fsp3) is 0.938. The Morgan fingerprint density at radius 1 is 1.04 bits per heavy atom. The lowest BCUT2D eigenvalue weighted by atomic mass is 9.95. The van der Waals surface area contributed by atoms with Gasteiger partial charge in [-0.2, -0.15) is 0 Å². The highest BCUT2D eigenvalue weighted by atomic mass is 127. The second-order valence-electron chi connectivity index (χ2n) is 7.80. The Labute approximate surface area is 156 Å². The summed E-state index contributed by atoms with van der Waals surface area (Å²) < 4.78 is 23.1. The Morgan fingerprint density at radius 3 is 2.43 bits per heavy atom. The van der Waals surface area contributed by atoms with Gasteiger partial charge in [0.15, 0.2) is 15.8 Å². The fourth-order valence-electron chi connectivity index (χ4n) is 4.39. The highest BCUT2D eigenvalue weighted by Gasteiger charge is 2.40. The summed E-state index contributed by atoms with van der Waals surface area (Å²) in [6, 6.07) is 1.16. The minimum absolute atomic E-state index is 0. The van der Waals surface area contributed by atoms with Crippen molar-refractivity contribution in [3.63, 3.8) is 0 Å². The molecule has 0 radical (unpaired) electrons. The van der Waals surface area contributed by atoms with Crippen molar-refractivity contribution >= 4 is 39.8 Å². The molecule has 4 atom stereocenters. The minimum atomic E-state index is -2.79. The monoisotopic (exact) mass is 453 g/mol. The molecule has 1 heterocycles. The maximum atomic E-state index is 11.6. The van der Waals surface area contributed by atoms with E-state index in [4.69, 9.17) is 4.99 Å². The summed E-state index contributed by atoms with van der Waals surface area (Å²) in [5.41, 5.74) is 0. The quantitative estimate of drug-likeness (QED) is 0.388. The van der Waals surface area contributed by atoms with E-state index in [9.17, 15) is 8.42 Å². The molecule has 1 aliphatic heterocycles. The Hall–Kier alpha value is -0.0500. The molecule has 7 heteroatoms. The normalized spacial score (nSPS) is 38.3. The maximum Gasteiger partial charge on any atom is 0.191 e. The molecule has 2 N–H and O–H groups in total. The van der Waals surface area contributed by atoms with E-state index in [1.807, 2.05) is 0 Å². The molecular formula is C16H28IN3O2S. The summed E-state index contributed by atoms with van der Waals surface area (Å²) in [5, 5.41) is 7.16. The molecule has 4 fully saturated rings. The van der Waals surface area contributed by atoms with Gasteiger partial charge in [-0.3, -0.25) is 4.99 Å². The molecule has 4 rings (SSSR count). The number of nitrogens with zero attached hydrogens (tertiary/aromatic N) is 1. The van der Waals surface area contributed by atoms with Crippen molar-refractivity contribution in [2.45, 2.75) is 57.0 Å². The third-order valence-corrected chi connectivity index (χ3v) is 7.65. The average Bonchev–Trinajstić information content (AvgIpc) is 2.90. The van der Waals surface area contributed by atoms with Gasteiger partial charge in [0.25, 0.3) is 0 Å². The lowest BCUT2D eigenvalue weighted by Crippen LogP contribution is -2.46. The molecule has 3 aliphatic carbocycles. The first kappa shape index (κ1) is 17.8. The Morgan fingerprint density at radius 2 is 1.87 bits per heavy atom. The number of aliphatic imine (C=N–C) groups is 1. The molecule has 5 nitrogen and oxygen atoms in total. The SMILES string of the molecule is I.O=S1(=O)CCC(CN=C(NC2CC2)NC2CC3CCC2C3)C1. The highest BCUT2D eigenvalue weighted by Crippen LogP contribution is 2.44. The van der Waals surface area contributed by atoms with Crippen molar-refractivity contribution in [2.75, 3.05) is 18.1 Å². The van der Waals surface area contributed by atoms with Crippen LogP contribution < -0.4 is 10.6 Å². The summed E-state index contributed by atoms with van der Waals surface area (Å²) in [4.78, 5) is 4.73. The molecule has 0 aromatic rings. The van der Waals surface area contributed by atoms with Gasteiger partial charge in [-0.25, -0.2) is 8.42 Å². The minimum Gasteiger partial charge on any atom is -0.354 e. The first-order valence-corrected chi connectivity index (χ1v) is 10.7. The molecule has 2 bridgehead atoms. The third kappa shape index (κ3) is 4.52. The van der Waals surface area contributed by atoms with Crippen LogP contribution >= 0.6 is 24.0 Å². The van der Waals surface area contributed by atoms with Gasteiger partial charge < -0.3 is 10.6 Å². The van der Waals surface area contributed by atoms with E-state index in [1.165, 1.54) is 38.5 Å². The maximum absolute atomic E-state index is 11.6. The number of hydrogen-bond acceptors (Lipinski definition) is 3. The van der Waals surface area contributed by atoms with E-state index in [-0.39, 0.29) is 29.9 Å². The Balaban J connectivity index is 0.00000156. The van der Waals surface area contributed by atoms with E-state index in [0.29, 0.717) is 30.1 Å². The molecule has 0 amide bonds. The average molecular weight is 453 g/mol. The fourth-order valence-corrected chi connectivity index (χ4v) is 6.24. The van der Waals surface area contributed by atoms with Crippen LogP contribution in [0.4, 0.5) is 0 Å². The van der Waals surface area contributed by atoms with E-state index >= 15 is 0 Å². The van der Waals surface area contributed by atoms with Crippen LogP contribution in [0, 0.1) is 17.8 Å². The number of fused-ring (bicyclic) bond motifs is 2. The molecule has 0 spiro atoms. The van der Waals surface area contributed by atoms with Gasteiger partial charge in [0.1, 0.15) is 0 Å². The summed E-state index contributed by atoms with van der Waals surface area (Å²) in [7, 11) is -2.79. The second-order valence-corrected chi connectivity index (χ2v) is 10.0. The molecule has 0 aromatic heterocycles. The van der Waals surface area contributed by atoms with Gasteiger partial charge in [-0.05, 0) is 56.3 Å². The third-order valence-electron chi connectivity index (χ3n) is 5.81. The van der Waals surface area contributed by atoms with Crippen LogP contribution in [-0.2, 0) is 9.84 Å². The van der Waals surface area contributed by atoms with Crippen LogP contribution in [0.25, 0.3) is 0 Å². The van der Waals surface area contributed by atoms with Gasteiger partial charge in [0.05, 0.1) is 11.5 Å². The molecule has 4 aliphatic rings. The zero-order valence-corrected chi connectivity index (χ0v) is 16.7. The number of rotatable bonds is 4. The van der Waals surface area contributed by atoms with Crippen molar-refractivity contribution < 1.29 is 8.42 Å². The van der Waals surface area contributed by atoms with Crippen molar-refractivity contribution in [1.82, 2.24) is 10.6 Å². The lowest BCUT2D eigenvalue weighted by molar-refractivity contribution is 0.386. The van der Waals surface area contributed by atoms with E-state index in [0.717, 1.165) is 24.2 Å². The van der Waals surface area contributed by atoms with Crippen molar-refractivity contribution in [2.24, 2.45) is 22.7 Å². The smallest absolute Gasteiger partial charge is 0.191 e. The zero-order valence-electron chi connectivity index (χ0n) is 13.5. The van der Waals surface area contributed by atoms with Crippen molar-refractivity contribution in [3.8, 4) is 0 Å². The van der Waals surface area contributed by atoms with Crippen molar-refractivity contribution in [1.29, 1.82) is 0 Å². The second kappa shape index (κ2) is 7.06. The van der Waals surface area contributed by atoms with Crippen LogP contribution in [0.3, 0.4) is 0 Å². The Bertz CT molecular complexity index is 562. The summed E-state index contributed by atoms with van der Waals surface area (Å²) >= 11 is 0.